The fourth-order valence-electron chi connectivity index (χ4n) is 3.60. The number of carboxylic acids is 1. The number of aromatic nitrogens is 1. The number of carboxylic acid groups (broad SMARTS) is 1. The quantitative estimate of drug-likeness (QED) is 0.413. The average molecular weight is 456 g/mol. The van der Waals surface area contributed by atoms with E-state index in [1.54, 1.807) is 56.3 Å². The minimum absolute atomic E-state index is 0.337. The molecule has 32 heavy (non-hydrogen) atoms. The van der Waals surface area contributed by atoms with Crippen LogP contribution < -0.4 is 4.74 Å². The average Bonchev–Trinajstić information content (AvgIpc) is 3.05. The molecule has 1 N–H and O–H groups in total. The largest absolute Gasteiger partial charge is 0.497 e. The Morgan fingerprint density at radius 2 is 1.84 bits per heavy atom. The molecule has 166 valence electrons. The van der Waals surface area contributed by atoms with E-state index in [1.165, 1.54) is 23.8 Å². The summed E-state index contributed by atoms with van der Waals surface area (Å²) in [5.74, 6) is -2.84. The molecule has 2 aromatic carbocycles. The summed E-state index contributed by atoms with van der Waals surface area (Å²) in [6.07, 6.45) is 2.72. The van der Waals surface area contributed by atoms with Crippen LogP contribution in [-0.4, -0.2) is 41.2 Å². The van der Waals surface area contributed by atoms with Gasteiger partial charge in [0.15, 0.2) is 0 Å². The number of hydrogen-bond acceptors (Lipinski definition) is 5. The van der Waals surface area contributed by atoms with E-state index in [0.29, 0.717) is 38.5 Å². The first-order valence-electron chi connectivity index (χ1n) is 9.80. The number of hydrogen-bond donors (Lipinski definition) is 1. The molecule has 1 atom stereocenters. The van der Waals surface area contributed by atoms with E-state index in [9.17, 15) is 19.5 Å². The SMILES string of the molecule is CC=CC(=O)OCC(C(=O)O)c1c(C)n(C(=O)c2ccc(Cl)cc2)c2ccc(OC)cc12. The summed E-state index contributed by atoms with van der Waals surface area (Å²) < 4.78 is 11.9. The number of esters is 1. The first-order chi connectivity index (χ1) is 15.3. The Labute approximate surface area is 189 Å². The Morgan fingerprint density at radius 3 is 2.44 bits per heavy atom. The molecule has 0 radical (unpaired) electrons. The second-order valence-corrected chi connectivity index (χ2v) is 7.49. The number of carbonyl (C=O) groups is 3. The van der Waals surface area contributed by atoms with Crippen LogP contribution in [0.4, 0.5) is 0 Å². The van der Waals surface area contributed by atoms with E-state index in [4.69, 9.17) is 21.1 Å². The molecule has 0 amide bonds. The number of allylic oxidation sites excluding steroid dienone is 1. The number of methoxy groups -OCH3 is 1. The topological polar surface area (TPSA) is 94.8 Å². The third kappa shape index (κ3) is 4.53. The Balaban J connectivity index is 2.19. The standard InChI is InChI=1S/C24H22ClNO6/c1-4-5-21(27)32-13-19(24(29)30)22-14(2)26(20-11-10-17(31-3)12-18(20)22)23(28)15-6-8-16(25)9-7-15/h4-12,19H,13H2,1-3H3,(H,29,30). The maximum Gasteiger partial charge on any atom is 0.330 e. The van der Waals surface area contributed by atoms with Crippen LogP contribution in [0.25, 0.3) is 10.9 Å². The summed E-state index contributed by atoms with van der Waals surface area (Å²) in [5.41, 5.74) is 1.72. The molecule has 0 saturated heterocycles. The summed E-state index contributed by atoms with van der Waals surface area (Å²) >= 11 is 5.94. The van der Waals surface area contributed by atoms with Crippen molar-refractivity contribution in [3.05, 3.63) is 76.5 Å². The van der Waals surface area contributed by atoms with E-state index < -0.39 is 17.9 Å². The number of carbonyl (C=O) groups excluding carboxylic acids is 2. The smallest absolute Gasteiger partial charge is 0.330 e. The van der Waals surface area contributed by atoms with Gasteiger partial charge in [-0.25, -0.2) is 4.79 Å². The Hall–Kier alpha value is -3.58. The van der Waals surface area contributed by atoms with Gasteiger partial charge in [0.05, 0.1) is 12.6 Å². The molecule has 0 bridgehead atoms. The summed E-state index contributed by atoms with van der Waals surface area (Å²) in [6.45, 7) is 2.94. The van der Waals surface area contributed by atoms with Crippen LogP contribution in [0.2, 0.25) is 5.02 Å². The third-order valence-corrected chi connectivity index (χ3v) is 5.35. The zero-order chi connectivity index (χ0) is 23.4. The van der Waals surface area contributed by atoms with Crippen LogP contribution in [0, 0.1) is 6.92 Å². The van der Waals surface area contributed by atoms with Crippen molar-refractivity contribution in [1.29, 1.82) is 0 Å². The van der Waals surface area contributed by atoms with E-state index in [-0.39, 0.29) is 12.5 Å². The van der Waals surface area contributed by atoms with Crippen molar-refractivity contribution >= 4 is 40.3 Å². The normalized spacial score (nSPS) is 12.1. The molecular formula is C24H22ClNO6. The fraction of sp³-hybridized carbons (Fsp3) is 0.208. The lowest BCUT2D eigenvalue weighted by atomic mass is 9.96. The highest BCUT2D eigenvalue weighted by Gasteiger charge is 2.30. The number of fused-ring (bicyclic) bond motifs is 1. The van der Waals surface area contributed by atoms with Gasteiger partial charge in [0, 0.05) is 27.7 Å². The molecule has 0 saturated carbocycles. The van der Waals surface area contributed by atoms with Gasteiger partial charge in [-0.1, -0.05) is 17.7 Å². The molecule has 7 nitrogen and oxygen atoms in total. The Morgan fingerprint density at radius 1 is 1.16 bits per heavy atom. The number of aliphatic carboxylic acids is 1. The van der Waals surface area contributed by atoms with Gasteiger partial charge in [-0.15, -0.1) is 0 Å². The van der Waals surface area contributed by atoms with Gasteiger partial charge in [0.1, 0.15) is 18.3 Å². The molecule has 0 fully saturated rings. The number of halogens is 1. The van der Waals surface area contributed by atoms with Crippen molar-refractivity contribution in [2.24, 2.45) is 0 Å². The molecule has 8 heteroatoms. The molecule has 0 spiro atoms. The van der Waals surface area contributed by atoms with Crippen LogP contribution in [0.3, 0.4) is 0 Å². The van der Waals surface area contributed by atoms with Crippen molar-refractivity contribution in [2.45, 2.75) is 19.8 Å². The van der Waals surface area contributed by atoms with Crippen molar-refractivity contribution in [3.8, 4) is 5.75 Å². The first kappa shape index (κ1) is 23.1. The van der Waals surface area contributed by atoms with Crippen LogP contribution >= 0.6 is 11.6 Å². The fourth-order valence-corrected chi connectivity index (χ4v) is 3.73. The minimum atomic E-state index is -1.18. The molecule has 1 heterocycles. The van der Waals surface area contributed by atoms with Crippen molar-refractivity contribution < 1.29 is 29.0 Å². The molecular weight excluding hydrogens is 434 g/mol. The highest BCUT2D eigenvalue weighted by atomic mass is 35.5. The summed E-state index contributed by atoms with van der Waals surface area (Å²) in [5, 5.41) is 10.9. The minimum Gasteiger partial charge on any atom is -0.497 e. The van der Waals surface area contributed by atoms with Gasteiger partial charge in [0.25, 0.3) is 5.91 Å². The van der Waals surface area contributed by atoms with E-state index in [2.05, 4.69) is 0 Å². The number of nitrogens with zero attached hydrogens (tertiary/aromatic N) is 1. The third-order valence-electron chi connectivity index (χ3n) is 5.10. The van der Waals surface area contributed by atoms with Crippen molar-refractivity contribution in [3.63, 3.8) is 0 Å². The van der Waals surface area contributed by atoms with E-state index >= 15 is 0 Å². The number of rotatable bonds is 7. The lowest BCUT2D eigenvalue weighted by Gasteiger charge is -2.14. The maximum absolute atomic E-state index is 13.4. The number of benzene rings is 2. The van der Waals surface area contributed by atoms with Crippen molar-refractivity contribution in [1.82, 2.24) is 4.57 Å². The van der Waals surface area contributed by atoms with Gasteiger partial charge < -0.3 is 14.6 Å². The molecule has 0 aliphatic carbocycles. The highest BCUT2D eigenvalue weighted by Crippen LogP contribution is 2.35. The van der Waals surface area contributed by atoms with Crippen molar-refractivity contribution in [2.75, 3.05) is 13.7 Å². The summed E-state index contributed by atoms with van der Waals surface area (Å²) in [4.78, 5) is 37.3. The van der Waals surface area contributed by atoms with Gasteiger partial charge >= 0.3 is 11.9 Å². The molecule has 0 aliphatic heterocycles. The monoisotopic (exact) mass is 455 g/mol. The predicted molar refractivity (Wildman–Crippen MR) is 121 cm³/mol. The Kier molecular flexibility index (Phi) is 7.00. The highest BCUT2D eigenvalue weighted by molar-refractivity contribution is 6.30. The predicted octanol–water partition coefficient (Wildman–Crippen LogP) is 4.59. The second-order valence-electron chi connectivity index (χ2n) is 7.05. The van der Waals surface area contributed by atoms with Gasteiger partial charge in [0.2, 0.25) is 0 Å². The van der Waals surface area contributed by atoms with E-state index in [0.717, 1.165) is 0 Å². The molecule has 3 aromatic rings. The Bertz CT molecular complexity index is 1210. The molecule has 0 aliphatic rings. The van der Waals surface area contributed by atoms with Crippen LogP contribution in [-0.2, 0) is 14.3 Å². The van der Waals surface area contributed by atoms with Crippen LogP contribution in [0.5, 0.6) is 5.75 Å². The zero-order valence-electron chi connectivity index (χ0n) is 17.8. The van der Waals surface area contributed by atoms with Gasteiger partial charge in [-0.2, -0.15) is 0 Å². The molecule has 1 unspecified atom stereocenters. The van der Waals surface area contributed by atoms with Crippen LogP contribution in [0.1, 0.15) is 34.5 Å². The summed E-state index contributed by atoms with van der Waals surface area (Å²) in [6, 6.07) is 11.5. The molecule has 3 rings (SSSR count). The number of ether oxygens (including phenoxy) is 2. The van der Waals surface area contributed by atoms with Gasteiger partial charge in [-0.05, 0) is 61.9 Å². The van der Waals surface area contributed by atoms with Crippen LogP contribution in [0.15, 0.2) is 54.6 Å². The van der Waals surface area contributed by atoms with E-state index in [1.807, 2.05) is 0 Å². The molecule has 1 aromatic heterocycles. The lowest BCUT2D eigenvalue weighted by molar-refractivity contribution is -0.144. The van der Waals surface area contributed by atoms with Gasteiger partial charge in [-0.3, -0.25) is 14.2 Å². The zero-order valence-corrected chi connectivity index (χ0v) is 18.6. The second kappa shape index (κ2) is 9.70. The summed E-state index contributed by atoms with van der Waals surface area (Å²) in [7, 11) is 1.50. The maximum atomic E-state index is 13.4. The first-order valence-corrected chi connectivity index (χ1v) is 10.2. The lowest BCUT2D eigenvalue weighted by Crippen LogP contribution is -2.21.